The quantitative estimate of drug-likeness (QED) is 0.583. The molecule has 4 rings (SSSR count). The number of aromatic nitrogens is 2. The van der Waals surface area contributed by atoms with Gasteiger partial charge in [0.15, 0.2) is 5.69 Å². The van der Waals surface area contributed by atoms with Crippen LogP contribution in [0.4, 0.5) is 0 Å². The van der Waals surface area contributed by atoms with E-state index >= 15 is 0 Å². The first-order valence-electron chi connectivity index (χ1n) is 10.2. The number of amides is 2. The maximum Gasteiger partial charge on any atom is 0.272 e. The Balaban J connectivity index is 1.24. The fourth-order valence-electron chi connectivity index (χ4n) is 3.50. The van der Waals surface area contributed by atoms with Crippen molar-refractivity contribution in [3.05, 3.63) is 71.4 Å². The summed E-state index contributed by atoms with van der Waals surface area (Å²) < 4.78 is 0. The second-order valence-electron chi connectivity index (χ2n) is 7.34. The molecule has 2 N–H and O–H groups in total. The number of thioether (sulfide) groups is 1. The standard InChI is InChI=1S/C23H23ClN4O2S/c24-18-8-4-5-9-21(18)31-17-10-12-28(13-11-17)22(29)15-25-23(30)20-14-19(26-27-20)16-6-2-1-3-7-16/h1-9,14,17H,10-13,15H2,(H,25,30)(H,26,27). The first-order valence-corrected chi connectivity index (χ1v) is 11.4. The van der Waals surface area contributed by atoms with Crippen LogP contribution in [0.2, 0.25) is 5.02 Å². The van der Waals surface area contributed by atoms with E-state index in [2.05, 4.69) is 15.5 Å². The Morgan fingerprint density at radius 2 is 1.81 bits per heavy atom. The molecule has 1 saturated heterocycles. The number of piperidine rings is 1. The number of hydrogen-bond donors (Lipinski definition) is 2. The summed E-state index contributed by atoms with van der Waals surface area (Å²) in [5.74, 6) is -0.440. The van der Waals surface area contributed by atoms with Crippen molar-refractivity contribution in [2.24, 2.45) is 0 Å². The number of benzene rings is 2. The third-order valence-electron chi connectivity index (χ3n) is 5.22. The minimum absolute atomic E-state index is 0.0330. The number of carbonyl (C=O) groups is 2. The van der Waals surface area contributed by atoms with Crippen LogP contribution in [-0.2, 0) is 4.79 Å². The van der Waals surface area contributed by atoms with Crippen molar-refractivity contribution in [2.75, 3.05) is 19.6 Å². The average Bonchev–Trinajstić information content (AvgIpc) is 3.30. The van der Waals surface area contributed by atoms with Crippen molar-refractivity contribution >= 4 is 35.2 Å². The highest BCUT2D eigenvalue weighted by atomic mass is 35.5. The maximum absolute atomic E-state index is 12.5. The van der Waals surface area contributed by atoms with Gasteiger partial charge in [0.25, 0.3) is 5.91 Å². The number of hydrogen-bond acceptors (Lipinski definition) is 4. The van der Waals surface area contributed by atoms with Gasteiger partial charge < -0.3 is 10.2 Å². The molecule has 0 spiro atoms. The van der Waals surface area contributed by atoms with Crippen molar-refractivity contribution in [2.45, 2.75) is 23.0 Å². The molecule has 1 aliphatic rings. The molecule has 1 fully saturated rings. The number of likely N-dealkylation sites (tertiary alicyclic amines) is 1. The number of H-pyrrole nitrogens is 1. The Labute approximate surface area is 190 Å². The molecule has 0 atom stereocenters. The van der Waals surface area contributed by atoms with E-state index in [1.165, 1.54) is 0 Å². The molecule has 0 unspecified atom stereocenters. The summed E-state index contributed by atoms with van der Waals surface area (Å²) in [7, 11) is 0. The van der Waals surface area contributed by atoms with Crippen molar-refractivity contribution in [1.82, 2.24) is 20.4 Å². The molecule has 0 bridgehead atoms. The molecule has 1 aliphatic heterocycles. The summed E-state index contributed by atoms with van der Waals surface area (Å²) >= 11 is 8.02. The van der Waals surface area contributed by atoms with E-state index in [-0.39, 0.29) is 24.1 Å². The van der Waals surface area contributed by atoms with Crippen LogP contribution in [0, 0.1) is 0 Å². The second kappa shape index (κ2) is 10.0. The smallest absolute Gasteiger partial charge is 0.272 e. The zero-order valence-corrected chi connectivity index (χ0v) is 18.5. The van der Waals surface area contributed by atoms with E-state index in [1.807, 2.05) is 59.5 Å². The lowest BCUT2D eigenvalue weighted by Gasteiger charge is -2.31. The minimum atomic E-state index is -0.365. The van der Waals surface area contributed by atoms with Crippen LogP contribution in [0.5, 0.6) is 0 Å². The van der Waals surface area contributed by atoms with Crippen LogP contribution in [0.15, 0.2) is 65.6 Å². The molecule has 8 heteroatoms. The lowest BCUT2D eigenvalue weighted by Crippen LogP contribution is -2.44. The highest BCUT2D eigenvalue weighted by Gasteiger charge is 2.24. The van der Waals surface area contributed by atoms with E-state index in [0.29, 0.717) is 18.3 Å². The summed E-state index contributed by atoms with van der Waals surface area (Å²) in [6.45, 7) is 1.32. The largest absolute Gasteiger partial charge is 0.342 e. The third-order valence-corrected chi connectivity index (χ3v) is 7.08. The molecule has 2 heterocycles. The molecule has 31 heavy (non-hydrogen) atoms. The van der Waals surface area contributed by atoms with Crippen LogP contribution in [-0.4, -0.2) is 51.8 Å². The van der Waals surface area contributed by atoms with Crippen LogP contribution in [0.3, 0.4) is 0 Å². The van der Waals surface area contributed by atoms with Crippen molar-refractivity contribution in [3.8, 4) is 11.3 Å². The second-order valence-corrected chi connectivity index (χ2v) is 9.09. The Bertz CT molecular complexity index is 1050. The van der Waals surface area contributed by atoms with Crippen LogP contribution >= 0.6 is 23.4 Å². The summed E-state index contributed by atoms with van der Waals surface area (Å²) in [5, 5.41) is 10.8. The Kier molecular flexibility index (Phi) is 6.94. The van der Waals surface area contributed by atoms with Gasteiger partial charge in [-0.25, -0.2) is 0 Å². The fourth-order valence-corrected chi connectivity index (χ4v) is 4.92. The molecule has 2 aromatic carbocycles. The van der Waals surface area contributed by atoms with Gasteiger partial charge in [0, 0.05) is 23.2 Å². The van der Waals surface area contributed by atoms with Gasteiger partial charge >= 0.3 is 0 Å². The van der Waals surface area contributed by atoms with E-state index in [4.69, 9.17) is 11.6 Å². The van der Waals surface area contributed by atoms with Gasteiger partial charge in [-0.3, -0.25) is 14.7 Å². The summed E-state index contributed by atoms with van der Waals surface area (Å²) in [6.07, 6.45) is 1.80. The number of nitrogens with zero attached hydrogens (tertiary/aromatic N) is 2. The maximum atomic E-state index is 12.5. The van der Waals surface area contributed by atoms with Crippen molar-refractivity contribution in [1.29, 1.82) is 0 Å². The van der Waals surface area contributed by atoms with Crippen LogP contribution in [0.25, 0.3) is 11.3 Å². The van der Waals surface area contributed by atoms with Gasteiger partial charge in [-0.2, -0.15) is 5.10 Å². The molecule has 0 radical (unpaired) electrons. The van der Waals surface area contributed by atoms with E-state index in [0.717, 1.165) is 34.0 Å². The number of halogens is 1. The Morgan fingerprint density at radius 1 is 1.10 bits per heavy atom. The Morgan fingerprint density at radius 3 is 2.55 bits per heavy atom. The van der Waals surface area contributed by atoms with Crippen LogP contribution < -0.4 is 5.32 Å². The van der Waals surface area contributed by atoms with Crippen molar-refractivity contribution < 1.29 is 9.59 Å². The monoisotopic (exact) mass is 454 g/mol. The molecule has 1 aromatic heterocycles. The fraction of sp³-hybridized carbons (Fsp3) is 0.261. The average molecular weight is 455 g/mol. The SMILES string of the molecule is O=C(NCC(=O)N1CCC(Sc2ccccc2Cl)CC1)c1cc(-c2ccccc2)[nH]n1. The summed E-state index contributed by atoms with van der Waals surface area (Å²) in [6, 6.07) is 19.2. The normalized spacial score (nSPS) is 14.4. The van der Waals surface area contributed by atoms with E-state index in [9.17, 15) is 9.59 Å². The van der Waals surface area contributed by atoms with Gasteiger partial charge in [-0.15, -0.1) is 11.8 Å². The van der Waals surface area contributed by atoms with Gasteiger partial charge in [0.2, 0.25) is 5.91 Å². The summed E-state index contributed by atoms with van der Waals surface area (Å²) in [4.78, 5) is 27.8. The van der Waals surface area contributed by atoms with Gasteiger partial charge in [-0.05, 0) is 36.6 Å². The zero-order chi connectivity index (χ0) is 21.6. The Hall–Kier alpha value is -2.77. The minimum Gasteiger partial charge on any atom is -0.342 e. The molecule has 3 aromatic rings. The van der Waals surface area contributed by atoms with Crippen LogP contribution in [0.1, 0.15) is 23.3 Å². The molecule has 6 nitrogen and oxygen atoms in total. The first-order chi connectivity index (χ1) is 15.1. The molecule has 2 amide bonds. The molecule has 160 valence electrons. The lowest BCUT2D eigenvalue weighted by atomic mass is 10.1. The number of carbonyl (C=O) groups excluding carboxylic acids is 2. The van der Waals surface area contributed by atoms with Gasteiger partial charge in [0.1, 0.15) is 0 Å². The number of rotatable bonds is 6. The predicted molar refractivity (Wildman–Crippen MR) is 123 cm³/mol. The highest BCUT2D eigenvalue weighted by molar-refractivity contribution is 8.00. The van der Waals surface area contributed by atoms with E-state index in [1.54, 1.807) is 17.8 Å². The molecule has 0 aliphatic carbocycles. The topological polar surface area (TPSA) is 78.1 Å². The lowest BCUT2D eigenvalue weighted by molar-refractivity contribution is -0.130. The highest BCUT2D eigenvalue weighted by Crippen LogP contribution is 2.34. The van der Waals surface area contributed by atoms with Gasteiger partial charge in [0.05, 0.1) is 17.3 Å². The molecule has 0 saturated carbocycles. The van der Waals surface area contributed by atoms with Crippen molar-refractivity contribution in [3.63, 3.8) is 0 Å². The first kappa shape index (κ1) is 21.5. The van der Waals surface area contributed by atoms with E-state index < -0.39 is 0 Å². The molecular formula is C23H23ClN4O2S. The summed E-state index contributed by atoms with van der Waals surface area (Å²) in [5.41, 5.74) is 1.97. The molecular weight excluding hydrogens is 432 g/mol. The zero-order valence-electron chi connectivity index (χ0n) is 16.9. The van der Waals surface area contributed by atoms with Gasteiger partial charge in [-0.1, -0.05) is 54.1 Å². The third kappa shape index (κ3) is 5.48. The predicted octanol–water partition coefficient (Wildman–Crippen LogP) is 4.24. The number of nitrogens with one attached hydrogen (secondary N) is 2. The number of aromatic amines is 1.